The third-order valence-corrected chi connectivity index (χ3v) is 3.17. The molecule has 1 N–H and O–H groups in total. The maximum Gasteiger partial charge on any atom is 0.221 e. The van der Waals surface area contributed by atoms with Crippen LogP contribution in [-0.4, -0.2) is 5.91 Å². The molecule has 0 aliphatic heterocycles. The summed E-state index contributed by atoms with van der Waals surface area (Å²) in [6.45, 7) is 1.44. The maximum atomic E-state index is 12.5. The van der Waals surface area contributed by atoms with Gasteiger partial charge in [0, 0.05) is 12.6 Å². The molecule has 3 rings (SSSR count). The van der Waals surface area contributed by atoms with Crippen molar-refractivity contribution in [2.45, 2.75) is 6.92 Å². The van der Waals surface area contributed by atoms with Crippen LogP contribution in [0.2, 0.25) is 0 Å². The number of nitrogens with one attached hydrogen (secondary N) is 1. The van der Waals surface area contributed by atoms with Gasteiger partial charge in [-0.25, -0.2) is 0 Å². The van der Waals surface area contributed by atoms with Gasteiger partial charge in [0.2, 0.25) is 5.91 Å². The average Bonchev–Trinajstić information content (AvgIpc) is 2.47. The lowest BCUT2D eigenvalue weighted by molar-refractivity contribution is -0.114. The summed E-state index contributed by atoms with van der Waals surface area (Å²) < 4.78 is 5.51. The second-order valence-corrected chi connectivity index (χ2v) is 4.74. The van der Waals surface area contributed by atoms with Gasteiger partial charge in [-0.2, -0.15) is 0 Å². The van der Waals surface area contributed by atoms with Gasteiger partial charge in [0.05, 0.1) is 10.9 Å². The van der Waals surface area contributed by atoms with Gasteiger partial charge >= 0.3 is 0 Å². The molecule has 0 atom stereocenters. The Kier molecular flexibility index (Phi) is 3.28. The van der Waals surface area contributed by atoms with E-state index in [0.29, 0.717) is 27.8 Å². The van der Waals surface area contributed by atoms with Crippen molar-refractivity contribution >= 4 is 22.6 Å². The topological polar surface area (TPSA) is 59.3 Å². The van der Waals surface area contributed by atoms with E-state index in [1.54, 1.807) is 36.4 Å². The summed E-state index contributed by atoms with van der Waals surface area (Å²) in [6.07, 6.45) is 1.46. The molecular weight excluding hydrogens is 266 g/mol. The summed E-state index contributed by atoms with van der Waals surface area (Å²) in [4.78, 5) is 23.6. The van der Waals surface area contributed by atoms with Gasteiger partial charge in [-0.05, 0) is 29.8 Å². The smallest absolute Gasteiger partial charge is 0.221 e. The molecule has 1 aromatic heterocycles. The Morgan fingerprint density at radius 3 is 2.71 bits per heavy atom. The first-order chi connectivity index (χ1) is 10.1. The Morgan fingerprint density at radius 1 is 1.10 bits per heavy atom. The molecule has 0 radical (unpaired) electrons. The minimum Gasteiger partial charge on any atom is -0.463 e. The molecule has 0 unspecified atom stereocenters. The summed E-state index contributed by atoms with van der Waals surface area (Å²) in [5.41, 5.74) is 2.30. The number of amides is 1. The van der Waals surface area contributed by atoms with Crippen LogP contribution >= 0.6 is 0 Å². The molecule has 0 saturated carbocycles. The Hall–Kier alpha value is -2.88. The predicted octanol–water partition coefficient (Wildman–Crippen LogP) is 3.42. The second-order valence-electron chi connectivity index (χ2n) is 4.74. The fraction of sp³-hybridized carbons (Fsp3) is 0.0588. The summed E-state index contributed by atoms with van der Waals surface area (Å²) in [6, 6.07) is 14.2. The van der Waals surface area contributed by atoms with E-state index in [0.717, 1.165) is 0 Å². The third-order valence-electron chi connectivity index (χ3n) is 3.17. The first-order valence-corrected chi connectivity index (χ1v) is 6.54. The highest BCUT2D eigenvalue weighted by molar-refractivity contribution is 5.90. The number of carbonyl (C=O) groups excluding carboxylic acids is 1. The van der Waals surface area contributed by atoms with E-state index in [4.69, 9.17) is 4.42 Å². The van der Waals surface area contributed by atoms with Crippen molar-refractivity contribution in [1.29, 1.82) is 0 Å². The first-order valence-electron chi connectivity index (χ1n) is 6.54. The molecule has 1 heterocycles. The van der Waals surface area contributed by atoms with Crippen molar-refractivity contribution in [3.8, 4) is 11.1 Å². The van der Waals surface area contributed by atoms with Crippen LogP contribution in [-0.2, 0) is 4.79 Å². The van der Waals surface area contributed by atoms with E-state index in [1.165, 1.54) is 13.2 Å². The molecule has 104 valence electrons. The zero-order valence-corrected chi connectivity index (χ0v) is 11.4. The summed E-state index contributed by atoms with van der Waals surface area (Å²) in [5.74, 6) is -0.155. The average molecular weight is 279 g/mol. The van der Waals surface area contributed by atoms with E-state index in [-0.39, 0.29) is 11.3 Å². The SMILES string of the molecule is CC(=O)Nc1cccc(-c2coc3ccccc3c2=O)c1. The number of hydrogen-bond acceptors (Lipinski definition) is 3. The Morgan fingerprint density at radius 2 is 1.90 bits per heavy atom. The van der Waals surface area contributed by atoms with Gasteiger partial charge in [0.1, 0.15) is 11.8 Å². The highest BCUT2D eigenvalue weighted by Crippen LogP contribution is 2.22. The van der Waals surface area contributed by atoms with E-state index >= 15 is 0 Å². The standard InChI is InChI=1S/C17H13NO3/c1-11(19)18-13-6-4-5-12(9-13)15-10-21-16-8-3-2-7-14(16)17(15)20/h2-10H,1H3,(H,18,19). The number of rotatable bonds is 2. The fourth-order valence-corrected chi connectivity index (χ4v) is 2.24. The molecule has 21 heavy (non-hydrogen) atoms. The molecule has 2 aromatic carbocycles. The third kappa shape index (κ3) is 2.56. The summed E-state index contributed by atoms with van der Waals surface area (Å²) >= 11 is 0. The van der Waals surface area contributed by atoms with Crippen LogP contribution in [0.1, 0.15) is 6.92 Å². The number of fused-ring (bicyclic) bond motifs is 1. The Labute approximate surface area is 121 Å². The van der Waals surface area contributed by atoms with Crippen LogP contribution in [0.4, 0.5) is 5.69 Å². The summed E-state index contributed by atoms with van der Waals surface area (Å²) in [7, 11) is 0. The normalized spacial score (nSPS) is 10.5. The number of benzene rings is 2. The first kappa shape index (κ1) is 13.1. The lowest BCUT2D eigenvalue weighted by Crippen LogP contribution is -2.07. The van der Waals surface area contributed by atoms with Crippen LogP contribution < -0.4 is 10.7 Å². The molecule has 0 spiro atoms. The number of anilines is 1. The van der Waals surface area contributed by atoms with Gasteiger partial charge < -0.3 is 9.73 Å². The fourth-order valence-electron chi connectivity index (χ4n) is 2.24. The van der Waals surface area contributed by atoms with Gasteiger partial charge in [-0.1, -0.05) is 24.3 Å². The molecular formula is C17H13NO3. The van der Waals surface area contributed by atoms with E-state index in [1.807, 2.05) is 12.1 Å². The van der Waals surface area contributed by atoms with Crippen molar-refractivity contribution in [3.63, 3.8) is 0 Å². The molecule has 4 nitrogen and oxygen atoms in total. The maximum absolute atomic E-state index is 12.5. The Bertz CT molecular complexity index is 880. The Balaban J connectivity index is 2.14. The largest absolute Gasteiger partial charge is 0.463 e. The molecule has 0 fully saturated rings. The molecule has 3 aromatic rings. The molecule has 0 saturated heterocycles. The van der Waals surface area contributed by atoms with Gasteiger partial charge in [-0.3, -0.25) is 9.59 Å². The highest BCUT2D eigenvalue weighted by atomic mass is 16.3. The minimum absolute atomic E-state index is 0.0863. The molecule has 4 heteroatoms. The lowest BCUT2D eigenvalue weighted by atomic mass is 10.0. The molecule has 1 amide bonds. The van der Waals surface area contributed by atoms with Crippen molar-refractivity contribution in [2.75, 3.05) is 5.32 Å². The zero-order chi connectivity index (χ0) is 14.8. The van der Waals surface area contributed by atoms with Crippen LogP contribution in [0.3, 0.4) is 0 Å². The number of hydrogen-bond donors (Lipinski definition) is 1. The van der Waals surface area contributed by atoms with E-state index < -0.39 is 0 Å². The van der Waals surface area contributed by atoms with Gasteiger partial charge in [0.15, 0.2) is 5.43 Å². The summed E-state index contributed by atoms with van der Waals surface area (Å²) in [5, 5.41) is 3.24. The van der Waals surface area contributed by atoms with Crippen molar-refractivity contribution in [3.05, 3.63) is 65.0 Å². The number of para-hydroxylation sites is 1. The van der Waals surface area contributed by atoms with Gasteiger partial charge in [0.25, 0.3) is 0 Å². The van der Waals surface area contributed by atoms with E-state index in [9.17, 15) is 9.59 Å². The van der Waals surface area contributed by atoms with Crippen LogP contribution in [0.25, 0.3) is 22.1 Å². The minimum atomic E-state index is -0.155. The predicted molar refractivity (Wildman–Crippen MR) is 82.2 cm³/mol. The van der Waals surface area contributed by atoms with E-state index in [2.05, 4.69) is 5.32 Å². The van der Waals surface area contributed by atoms with Crippen molar-refractivity contribution < 1.29 is 9.21 Å². The highest BCUT2D eigenvalue weighted by Gasteiger charge is 2.09. The molecule has 0 aliphatic carbocycles. The number of carbonyl (C=O) groups is 1. The zero-order valence-electron chi connectivity index (χ0n) is 11.4. The van der Waals surface area contributed by atoms with Crippen molar-refractivity contribution in [2.24, 2.45) is 0 Å². The monoisotopic (exact) mass is 279 g/mol. The van der Waals surface area contributed by atoms with Crippen LogP contribution in [0.15, 0.2) is 64.0 Å². The second kappa shape index (κ2) is 5.25. The van der Waals surface area contributed by atoms with Crippen LogP contribution in [0, 0.1) is 0 Å². The molecule has 0 bridgehead atoms. The molecule has 0 aliphatic rings. The lowest BCUT2D eigenvalue weighted by Gasteiger charge is -2.06. The van der Waals surface area contributed by atoms with Crippen LogP contribution in [0.5, 0.6) is 0 Å². The quantitative estimate of drug-likeness (QED) is 0.782. The van der Waals surface area contributed by atoms with Gasteiger partial charge in [-0.15, -0.1) is 0 Å². The van der Waals surface area contributed by atoms with Crippen molar-refractivity contribution in [1.82, 2.24) is 0 Å².